The van der Waals surface area contributed by atoms with Gasteiger partial charge in [-0.3, -0.25) is 9.59 Å². The lowest BCUT2D eigenvalue weighted by atomic mass is 10.1. The molecule has 7 heteroatoms. The van der Waals surface area contributed by atoms with E-state index in [2.05, 4.69) is 5.10 Å². The summed E-state index contributed by atoms with van der Waals surface area (Å²) in [5.74, 6) is 1.97. The fourth-order valence-electron chi connectivity index (χ4n) is 3.77. The van der Waals surface area contributed by atoms with E-state index < -0.39 is 0 Å². The van der Waals surface area contributed by atoms with Gasteiger partial charge in [-0.15, -0.1) is 0 Å². The quantitative estimate of drug-likeness (QED) is 0.746. The molecule has 4 rings (SSSR count). The molecule has 0 aliphatic carbocycles. The molecule has 2 atom stereocenters. The van der Waals surface area contributed by atoms with E-state index in [1.54, 1.807) is 6.07 Å². The lowest BCUT2D eigenvalue weighted by Crippen LogP contribution is -2.47. The van der Waals surface area contributed by atoms with Crippen molar-refractivity contribution in [3.63, 3.8) is 0 Å². The van der Waals surface area contributed by atoms with E-state index in [4.69, 9.17) is 4.74 Å². The molecule has 2 aromatic rings. The number of carbonyl (C=O) groups is 1. The second-order valence-electron chi connectivity index (χ2n) is 7.28. The molecule has 0 spiro atoms. The van der Waals surface area contributed by atoms with Gasteiger partial charge >= 0.3 is 0 Å². The van der Waals surface area contributed by atoms with Crippen LogP contribution in [0, 0.1) is 0 Å². The van der Waals surface area contributed by atoms with Crippen LogP contribution in [0.15, 0.2) is 47.3 Å². The number of aromatic nitrogens is 2. The maximum absolute atomic E-state index is 13.1. The number of hydrogen-bond donors (Lipinski definition) is 0. The first kappa shape index (κ1) is 19.2. The molecular weight excluding hydrogens is 374 g/mol. The highest BCUT2D eigenvalue weighted by atomic mass is 32.2. The maximum atomic E-state index is 13.1. The summed E-state index contributed by atoms with van der Waals surface area (Å²) >= 11 is 1.88. The van der Waals surface area contributed by atoms with Crippen molar-refractivity contribution in [1.82, 2.24) is 14.7 Å². The summed E-state index contributed by atoms with van der Waals surface area (Å²) in [7, 11) is 0. The molecule has 0 radical (unpaired) electrons. The standard InChI is InChI=1S/C21H25N3O3S/c25-20-9-8-19(16-5-2-1-3-6-16)22-24(20)14-21(26)23(17-10-12-28-15-17)13-18-7-4-11-27-18/h1-3,5-6,8-9,17-18H,4,7,10-15H2. The number of hydrogen-bond acceptors (Lipinski definition) is 5. The van der Waals surface area contributed by atoms with Crippen molar-refractivity contribution in [2.75, 3.05) is 24.7 Å². The minimum atomic E-state index is -0.258. The van der Waals surface area contributed by atoms with Gasteiger partial charge in [-0.1, -0.05) is 30.3 Å². The normalized spacial score (nSPS) is 21.7. The zero-order valence-electron chi connectivity index (χ0n) is 15.8. The minimum absolute atomic E-state index is 0.0343. The highest BCUT2D eigenvalue weighted by molar-refractivity contribution is 7.99. The van der Waals surface area contributed by atoms with E-state index in [1.807, 2.05) is 47.0 Å². The Labute approximate surface area is 168 Å². The number of amides is 1. The molecule has 28 heavy (non-hydrogen) atoms. The average Bonchev–Trinajstić information content (AvgIpc) is 3.42. The van der Waals surface area contributed by atoms with Gasteiger partial charge in [0, 0.05) is 36.6 Å². The number of ether oxygens (including phenoxy) is 1. The average molecular weight is 400 g/mol. The highest BCUT2D eigenvalue weighted by Crippen LogP contribution is 2.25. The van der Waals surface area contributed by atoms with E-state index in [1.165, 1.54) is 10.7 Å². The first-order valence-electron chi connectivity index (χ1n) is 9.83. The number of thioether (sulfide) groups is 1. The number of benzene rings is 1. The van der Waals surface area contributed by atoms with Gasteiger partial charge < -0.3 is 9.64 Å². The van der Waals surface area contributed by atoms with Gasteiger partial charge in [-0.2, -0.15) is 16.9 Å². The van der Waals surface area contributed by atoms with Crippen molar-refractivity contribution >= 4 is 17.7 Å². The molecule has 2 saturated heterocycles. The predicted molar refractivity (Wildman–Crippen MR) is 110 cm³/mol. The summed E-state index contributed by atoms with van der Waals surface area (Å²) in [5, 5.41) is 4.44. The van der Waals surface area contributed by atoms with E-state index >= 15 is 0 Å². The van der Waals surface area contributed by atoms with Crippen molar-refractivity contribution in [3.8, 4) is 11.3 Å². The summed E-state index contributed by atoms with van der Waals surface area (Å²) in [4.78, 5) is 27.4. The summed E-state index contributed by atoms with van der Waals surface area (Å²) in [5.41, 5.74) is 1.35. The van der Waals surface area contributed by atoms with Crippen LogP contribution in [0.2, 0.25) is 0 Å². The van der Waals surface area contributed by atoms with Crippen molar-refractivity contribution in [3.05, 3.63) is 52.8 Å². The van der Waals surface area contributed by atoms with E-state index in [0.717, 1.165) is 42.9 Å². The van der Waals surface area contributed by atoms with Crippen LogP contribution in [0.25, 0.3) is 11.3 Å². The topological polar surface area (TPSA) is 64.4 Å². The Bertz CT molecular complexity index is 859. The number of rotatable bonds is 6. The van der Waals surface area contributed by atoms with Gasteiger partial charge in [0.05, 0.1) is 11.8 Å². The van der Waals surface area contributed by atoms with Crippen LogP contribution in [-0.4, -0.2) is 57.4 Å². The molecule has 3 heterocycles. The van der Waals surface area contributed by atoms with Gasteiger partial charge in [0.25, 0.3) is 5.56 Å². The Balaban J connectivity index is 1.53. The Hall–Kier alpha value is -2.12. The van der Waals surface area contributed by atoms with Crippen molar-refractivity contribution in [2.45, 2.75) is 38.0 Å². The van der Waals surface area contributed by atoms with Gasteiger partial charge in [0.2, 0.25) is 5.91 Å². The minimum Gasteiger partial charge on any atom is -0.376 e. The molecule has 2 aliphatic heterocycles. The lowest BCUT2D eigenvalue weighted by Gasteiger charge is -2.30. The van der Waals surface area contributed by atoms with Gasteiger partial charge in [0.15, 0.2) is 0 Å². The van der Waals surface area contributed by atoms with Crippen molar-refractivity contribution in [1.29, 1.82) is 0 Å². The van der Waals surface area contributed by atoms with Crippen LogP contribution in [0.1, 0.15) is 19.3 Å². The number of nitrogens with zero attached hydrogens (tertiary/aromatic N) is 3. The van der Waals surface area contributed by atoms with Gasteiger partial charge in [-0.05, 0) is 31.1 Å². The van der Waals surface area contributed by atoms with Crippen LogP contribution in [-0.2, 0) is 16.1 Å². The Kier molecular flexibility index (Phi) is 6.12. The summed E-state index contributed by atoms with van der Waals surface area (Å²) in [6.45, 7) is 1.34. The summed E-state index contributed by atoms with van der Waals surface area (Å²) < 4.78 is 7.05. The molecule has 1 aromatic carbocycles. The molecule has 2 unspecified atom stereocenters. The van der Waals surface area contributed by atoms with Crippen molar-refractivity contribution < 1.29 is 9.53 Å². The molecule has 2 aliphatic rings. The largest absolute Gasteiger partial charge is 0.376 e. The van der Waals surface area contributed by atoms with Gasteiger partial charge in [0.1, 0.15) is 6.54 Å². The smallest absolute Gasteiger partial charge is 0.267 e. The van der Waals surface area contributed by atoms with Crippen LogP contribution < -0.4 is 5.56 Å². The van der Waals surface area contributed by atoms with Crippen LogP contribution in [0.3, 0.4) is 0 Å². The summed E-state index contributed by atoms with van der Waals surface area (Å²) in [6, 6.07) is 13.1. The molecule has 0 N–H and O–H groups in total. The molecule has 1 aromatic heterocycles. The number of carbonyl (C=O) groups excluding carboxylic acids is 1. The predicted octanol–water partition coefficient (Wildman–Crippen LogP) is 2.42. The van der Waals surface area contributed by atoms with Crippen molar-refractivity contribution in [2.24, 2.45) is 0 Å². The Morgan fingerprint density at radius 2 is 2.07 bits per heavy atom. The van der Waals surface area contributed by atoms with E-state index in [0.29, 0.717) is 12.2 Å². The molecule has 0 bridgehead atoms. The van der Waals surface area contributed by atoms with E-state index in [9.17, 15) is 9.59 Å². The van der Waals surface area contributed by atoms with E-state index in [-0.39, 0.29) is 30.2 Å². The molecule has 2 fully saturated rings. The fourth-order valence-corrected chi connectivity index (χ4v) is 5.00. The molecule has 1 amide bonds. The van der Waals surface area contributed by atoms with Crippen LogP contribution >= 0.6 is 11.8 Å². The first-order valence-corrected chi connectivity index (χ1v) is 11.0. The Morgan fingerprint density at radius 3 is 2.79 bits per heavy atom. The zero-order chi connectivity index (χ0) is 19.3. The summed E-state index contributed by atoms with van der Waals surface area (Å²) in [6.07, 6.45) is 3.14. The molecular formula is C21H25N3O3S. The van der Waals surface area contributed by atoms with Crippen LogP contribution in [0.4, 0.5) is 0 Å². The highest BCUT2D eigenvalue weighted by Gasteiger charge is 2.31. The monoisotopic (exact) mass is 399 g/mol. The second kappa shape index (κ2) is 8.92. The van der Waals surface area contributed by atoms with Crippen LogP contribution in [0.5, 0.6) is 0 Å². The molecule has 0 saturated carbocycles. The SMILES string of the molecule is O=C(Cn1nc(-c2ccccc2)ccc1=O)N(CC1CCCO1)C1CCSC1. The Morgan fingerprint density at radius 1 is 1.21 bits per heavy atom. The third-order valence-corrected chi connectivity index (χ3v) is 6.46. The lowest BCUT2D eigenvalue weighted by molar-refractivity contribution is -0.135. The molecule has 6 nitrogen and oxygen atoms in total. The second-order valence-corrected chi connectivity index (χ2v) is 8.43. The zero-order valence-corrected chi connectivity index (χ0v) is 16.6. The fraction of sp³-hybridized carbons (Fsp3) is 0.476. The van der Waals surface area contributed by atoms with Gasteiger partial charge in [-0.25, -0.2) is 4.68 Å². The molecule has 148 valence electrons. The third kappa shape index (κ3) is 4.47. The maximum Gasteiger partial charge on any atom is 0.267 e. The third-order valence-electron chi connectivity index (χ3n) is 5.31. The first-order chi connectivity index (χ1) is 13.7.